The molecule has 0 radical (unpaired) electrons. The van der Waals surface area contributed by atoms with Crippen molar-refractivity contribution in [1.29, 1.82) is 0 Å². The average Bonchev–Trinajstić information content (AvgIpc) is 2.79. The van der Waals surface area contributed by atoms with Crippen LogP contribution in [0.25, 0.3) is 43.6 Å². The number of aryl methyl sites for hydroxylation is 3. The van der Waals surface area contributed by atoms with Crippen molar-refractivity contribution in [2.45, 2.75) is 60.8 Å². The number of hydrogen-bond donors (Lipinski definition) is 0. The summed E-state index contributed by atoms with van der Waals surface area (Å²) in [5.74, 6) is 2.34. The van der Waals surface area contributed by atoms with Crippen LogP contribution in [0.15, 0.2) is 54.7 Å². The molecule has 2 heteroatoms. The van der Waals surface area contributed by atoms with Crippen LogP contribution in [0.3, 0.4) is 0 Å². The Kier molecular flexibility index (Phi) is 4.99. The Morgan fingerprint density at radius 2 is 1.61 bits per heavy atom. The predicted molar refractivity (Wildman–Crippen MR) is 152 cm³/mol. The van der Waals surface area contributed by atoms with E-state index in [0.29, 0.717) is 5.92 Å². The maximum atomic E-state index is 6.95. The summed E-state index contributed by atoms with van der Waals surface area (Å²) in [6.07, 6.45) is 3.27. The van der Waals surface area contributed by atoms with Gasteiger partial charge in [0.05, 0.1) is 10.9 Å². The lowest BCUT2D eigenvalue weighted by Crippen LogP contribution is -2.32. The summed E-state index contributed by atoms with van der Waals surface area (Å²) in [7, 11) is 2.17. The highest BCUT2D eigenvalue weighted by Gasteiger charge is 2.34. The molecular formula is C34H36NO+. The average molecular weight is 475 g/mol. The molecule has 5 aromatic rings. The topological polar surface area (TPSA) is 13.1 Å². The van der Waals surface area contributed by atoms with E-state index in [2.05, 4.69) is 115 Å². The molecule has 0 saturated heterocycles. The van der Waals surface area contributed by atoms with Gasteiger partial charge >= 0.3 is 0 Å². The number of ether oxygens (including phenoxy) is 1. The fraction of sp³-hybridized carbons (Fsp3) is 0.324. The molecule has 0 saturated carbocycles. The highest BCUT2D eigenvalue weighted by atomic mass is 16.5. The van der Waals surface area contributed by atoms with Crippen molar-refractivity contribution in [3.8, 4) is 22.8 Å². The van der Waals surface area contributed by atoms with Crippen LogP contribution in [0.1, 0.15) is 62.8 Å². The minimum atomic E-state index is 0.248. The SMILES string of the molecule is Cc1ccc2c(C(C)C)c3c(c(C)c2c1)-c1c2c(cc4cc(CC(C)(C)C)ccc4c2cc[n+]1C)O3. The summed E-state index contributed by atoms with van der Waals surface area (Å²) < 4.78 is 9.24. The molecule has 1 aromatic heterocycles. The van der Waals surface area contributed by atoms with Gasteiger partial charge < -0.3 is 4.74 Å². The first-order chi connectivity index (χ1) is 17.0. The number of hydrogen-bond acceptors (Lipinski definition) is 1. The summed E-state index contributed by atoms with van der Waals surface area (Å²) in [5, 5.41) is 7.65. The van der Waals surface area contributed by atoms with Crippen LogP contribution in [-0.2, 0) is 13.5 Å². The summed E-state index contributed by atoms with van der Waals surface area (Å²) in [6.45, 7) is 15.9. The second-order valence-electron chi connectivity index (χ2n) is 12.3. The van der Waals surface area contributed by atoms with E-state index in [-0.39, 0.29) is 5.41 Å². The van der Waals surface area contributed by atoms with Gasteiger partial charge in [0.2, 0.25) is 5.69 Å². The largest absolute Gasteiger partial charge is 0.455 e. The molecule has 0 spiro atoms. The number of benzene rings is 4. The number of aromatic nitrogens is 1. The molecule has 0 aliphatic carbocycles. The third-order valence-corrected chi connectivity index (χ3v) is 7.74. The fourth-order valence-electron chi connectivity index (χ4n) is 6.26. The summed E-state index contributed by atoms with van der Waals surface area (Å²) in [4.78, 5) is 0. The number of fused-ring (bicyclic) bond motifs is 5. The second kappa shape index (κ2) is 7.80. The van der Waals surface area contributed by atoms with Gasteiger partial charge in [-0.05, 0) is 70.3 Å². The van der Waals surface area contributed by atoms with Crippen molar-refractivity contribution >= 4 is 32.3 Å². The van der Waals surface area contributed by atoms with Crippen LogP contribution < -0.4 is 9.30 Å². The quantitative estimate of drug-likeness (QED) is 0.180. The van der Waals surface area contributed by atoms with E-state index in [1.165, 1.54) is 65.8 Å². The zero-order valence-electron chi connectivity index (χ0n) is 22.8. The Morgan fingerprint density at radius 3 is 2.33 bits per heavy atom. The zero-order valence-corrected chi connectivity index (χ0v) is 22.8. The Balaban J connectivity index is 1.74. The third-order valence-electron chi connectivity index (χ3n) is 7.74. The van der Waals surface area contributed by atoms with Crippen LogP contribution >= 0.6 is 0 Å². The molecule has 0 atom stereocenters. The van der Waals surface area contributed by atoms with Crippen molar-refractivity contribution in [3.63, 3.8) is 0 Å². The van der Waals surface area contributed by atoms with E-state index < -0.39 is 0 Å². The van der Waals surface area contributed by atoms with Gasteiger partial charge in [0.1, 0.15) is 18.5 Å². The highest BCUT2D eigenvalue weighted by molar-refractivity contribution is 6.16. The maximum absolute atomic E-state index is 6.95. The first kappa shape index (κ1) is 23.0. The monoisotopic (exact) mass is 474 g/mol. The minimum Gasteiger partial charge on any atom is -0.455 e. The van der Waals surface area contributed by atoms with Gasteiger partial charge in [-0.15, -0.1) is 0 Å². The molecule has 36 heavy (non-hydrogen) atoms. The molecule has 0 fully saturated rings. The van der Waals surface area contributed by atoms with Crippen LogP contribution in [-0.4, -0.2) is 0 Å². The molecule has 6 rings (SSSR count). The third kappa shape index (κ3) is 3.42. The number of pyridine rings is 1. The van der Waals surface area contributed by atoms with Crippen molar-refractivity contribution < 1.29 is 9.30 Å². The van der Waals surface area contributed by atoms with E-state index in [4.69, 9.17) is 4.74 Å². The second-order valence-corrected chi connectivity index (χ2v) is 12.3. The predicted octanol–water partition coefficient (Wildman–Crippen LogP) is 9.07. The van der Waals surface area contributed by atoms with Gasteiger partial charge in [0.25, 0.3) is 0 Å². The first-order valence-corrected chi connectivity index (χ1v) is 13.2. The molecule has 0 amide bonds. The molecule has 4 aromatic carbocycles. The maximum Gasteiger partial charge on any atom is 0.228 e. The van der Waals surface area contributed by atoms with Crippen LogP contribution in [0, 0.1) is 19.3 Å². The smallest absolute Gasteiger partial charge is 0.228 e. The van der Waals surface area contributed by atoms with Crippen LogP contribution in [0.2, 0.25) is 0 Å². The van der Waals surface area contributed by atoms with E-state index >= 15 is 0 Å². The van der Waals surface area contributed by atoms with Crippen molar-refractivity contribution in [3.05, 3.63) is 77.0 Å². The fourth-order valence-corrected chi connectivity index (χ4v) is 6.26. The van der Waals surface area contributed by atoms with Crippen LogP contribution in [0.4, 0.5) is 0 Å². The first-order valence-electron chi connectivity index (χ1n) is 13.2. The van der Waals surface area contributed by atoms with Gasteiger partial charge in [-0.3, -0.25) is 0 Å². The summed E-state index contributed by atoms with van der Waals surface area (Å²) in [6, 6.07) is 18.3. The molecule has 0 bridgehead atoms. The lowest BCUT2D eigenvalue weighted by molar-refractivity contribution is -0.659. The molecule has 0 unspecified atom stereocenters. The van der Waals surface area contributed by atoms with Crippen molar-refractivity contribution in [2.24, 2.45) is 12.5 Å². The van der Waals surface area contributed by atoms with E-state index in [0.717, 1.165) is 17.9 Å². The zero-order chi connectivity index (χ0) is 25.5. The molecule has 182 valence electrons. The minimum absolute atomic E-state index is 0.248. The Bertz CT molecular complexity index is 1720. The molecule has 1 aliphatic rings. The Morgan fingerprint density at radius 1 is 0.861 bits per heavy atom. The van der Waals surface area contributed by atoms with Crippen molar-refractivity contribution in [1.82, 2.24) is 0 Å². The van der Waals surface area contributed by atoms with E-state index in [1.807, 2.05) is 0 Å². The summed E-state index contributed by atoms with van der Waals surface area (Å²) >= 11 is 0. The Labute approximate surface area is 214 Å². The van der Waals surface area contributed by atoms with Gasteiger partial charge in [-0.25, -0.2) is 4.57 Å². The molecular weight excluding hydrogens is 438 g/mol. The van der Waals surface area contributed by atoms with Gasteiger partial charge in [-0.2, -0.15) is 0 Å². The highest BCUT2D eigenvalue weighted by Crippen LogP contribution is 2.53. The molecule has 0 N–H and O–H groups in total. The molecule has 2 heterocycles. The normalized spacial score (nSPS) is 13.0. The van der Waals surface area contributed by atoms with Crippen molar-refractivity contribution in [2.75, 3.05) is 0 Å². The number of nitrogens with zero attached hydrogens (tertiary/aromatic N) is 1. The van der Waals surface area contributed by atoms with Gasteiger partial charge in [-0.1, -0.05) is 76.6 Å². The summed E-state index contributed by atoms with van der Waals surface area (Å²) in [5.41, 5.74) is 8.00. The number of rotatable bonds is 2. The molecule has 1 aliphatic heterocycles. The standard InChI is InChI=1S/C34H36NO/c1-19(2)29-25-11-9-20(3)15-27(25)21(4)30-32-31-26(13-14-35(32)8)24-12-10-22(18-34(5,6)7)16-23(24)17-28(31)36-33(29)30/h9-17,19H,18H2,1-8H3/q+1. The lowest BCUT2D eigenvalue weighted by atomic mass is 9.84. The molecule has 2 nitrogen and oxygen atoms in total. The lowest BCUT2D eigenvalue weighted by Gasteiger charge is -2.27. The van der Waals surface area contributed by atoms with E-state index in [1.54, 1.807) is 0 Å². The van der Waals surface area contributed by atoms with Gasteiger partial charge in [0, 0.05) is 17.0 Å². The van der Waals surface area contributed by atoms with Gasteiger partial charge in [0.15, 0.2) is 6.20 Å². The van der Waals surface area contributed by atoms with E-state index in [9.17, 15) is 0 Å². The Hall–Kier alpha value is -3.39. The van der Waals surface area contributed by atoms with Crippen LogP contribution in [0.5, 0.6) is 11.5 Å².